The van der Waals surface area contributed by atoms with E-state index >= 15 is 0 Å². The first kappa shape index (κ1) is 17.7. The van der Waals surface area contributed by atoms with Crippen molar-refractivity contribution in [3.63, 3.8) is 0 Å². The minimum atomic E-state index is -0.630. The molecule has 2 amide bonds. The number of amides is 2. The van der Waals surface area contributed by atoms with E-state index in [1.54, 1.807) is 18.2 Å². The lowest BCUT2D eigenvalue weighted by Crippen LogP contribution is -2.33. The Bertz CT molecular complexity index is 872. The lowest BCUT2D eigenvalue weighted by Gasteiger charge is -2.17. The van der Waals surface area contributed by atoms with Crippen molar-refractivity contribution in [2.24, 2.45) is 5.73 Å². The van der Waals surface area contributed by atoms with Gasteiger partial charge in [0.15, 0.2) is 0 Å². The summed E-state index contributed by atoms with van der Waals surface area (Å²) in [5.74, 6) is -1.11. The molecule has 6 nitrogen and oxygen atoms in total. The van der Waals surface area contributed by atoms with Gasteiger partial charge in [-0.05, 0) is 49.1 Å². The molecule has 6 heteroatoms. The van der Waals surface area contributed by atoms with Crippen molar-refractivity contribution in [1.29, 1.82) is 0 Å². The minimum Gasteiger partial charge on any atom is -0.426 e. The van der Waals surface area contributed by atoms with Crippen LogP contribution >= 0.6 is 0 Å². The Morgan fingerprint density at radius 2 is 1.85 bits per heavy atom. The number of rotatable bonds is 6. The molecule has 0 atom stereocenters. The maximum Gasteiger partial charge on any atom is 0.321 e. The molecule has 1 aliphatic carbocycles. The third kappa shape index (κ3) is 3.59. The molecule has 0 unspecified atom stereocenters. The molecule has 1 fully saturated rings. The van der Waals surface area contributed by atoms with Gasteiger partial charge in [0.25, 0.3) is 5.91 Å². The van der Waals surface area contributed by atoms with Crippen LogP contribution in [-0.2, 0) is 15.0 Å². The fraction of sp³-hybridized carbons (Fsp3) is 0.250. The number of nitrogens with one attached hydrogen (secondary N) is 1. The van der Waals surface area contributed by atoms with Crippen molar-refractivity contribution < 1.29 is 19.1 Å². The Kier molecular flexibility index (Phi) is 4.75. The first-order valence-corrected chi connectivity index (χ1v) is 8.37. The topological polar surface area (TPSA) is 98.5 Å². The van der Waals surface area contributed by atoms with E-state index in [0.717, 1.165) is 24.0 Å². The van der Waals surface area contributed by atoms with Crippen LogP contribution in [0.15, 0.2) is 48.5 Å². The van der Waals surface area contributed by atoms with E-state index in [0.29, 0.717) is 5.75 Å². The molecule has 134 valence electrons. The zero-order valence-electron chi connectivity index (χ0n) is 14.5. The van der Waals surface area contributed by atoms with E-state index < -0.39 is 17.2 Å². The average molecular weight is 352 g/mol. The van der Waals surface area contributed by atoms with E-state index in [2.05, 4.69) is 5.32 Å². The number of carbonyl (C=O) groups excluding carboxylic acids is 3. The molecule has 3 N–H and O–H groups in total. The van der Waals surface area contributed by atoms with Gasteiger partial charge < -0.3 is 15.8 Å². The minimum absolute atomic E-state index is 0.251. The zero-order chi connectivity index (χ0) is 18.7. The number of nitrogens with two attached hydrogens (primary N) is 1. The van der Waals surface area contributed by atoms with Gasteiger partial charge in [-0.2, -0.15) is 0 Å². The summed E-state index contributed by atoms with van der Waals surface area (Å²) in [7, 11) is 0. The van der Waals surface area contributed by atoms with E-state index in [1.165, 1.54) is 6.07 Å². The maximum absolute atomic E-state index is 12.8. The molecule has 0 radical (unpaired) electrons. The molecule has 0 heterocycles. The first-order chi connectivity index (χ1) is 12.4. The smallest absolute Gasteiger partial charge is 0.321 e. The highest BCUT2D eigenvalue weighted by Crippen LogP contribution is 2.50. The van der Waals surface area contributed by atoms with Crippen molar-refractivity contribution in [3.8, 4) is 5.75 Å². The summed E-state index contributed by atoms with van der Waals surface area (Å²) < 4.78 is 5.56. The largest absolute Gasteiger partial charge is 0.426 e. The van der Waals surface area contributed by atoms with Gasteiger partial charge in [0.05, 0.1) is 12.0 Å². The molecule has 1 aliphatic rings. The van der Waals surface area contributed by atoms with Crippen LogP contribution < -0.4 is 15.8 Å². The number of carbonyl (C=O) groups is 3. The zero-order valence-corrected chi connectivity index (χ0v) is 14.5. The molecular formula is C20H20N2O4. The Morgan fingerprint density at radius 3 is 2.50 bits per heavy atom. The highest BCUT2D eigenvalue weighted by molar-refractivity contribution is 5.97. The Morgan fingerprint density at radius 1 is 1.12 bits per heavy atom. The van der Waals surface area contributed by atoms with Crippen molar-refractivity contribution in [3.05, 3.63) is 65.2 Å². The molecule has 0 aromatic heterocycles. The second-order valence-electron chi connectivity index (χ2n) is 6.46. The van der Waals surface area contributed by atoms with E-state index in [-0.39, 0.29) is 18.1 Å². The molecule has 2 aromatic carbocycles. The lowest BCUT2D eigenvalue weighted by molar-refractivity contribution is -0.137. The molecule has 2 aromatic rings. The van der Waals surface area contributed by atoms with Crippen molar-refractivity contribution in [2.75, 3.05) is 6.54 Å². The quantitative estimate of drug-likeness (QED) is 0.612. The Balaban J connectivity index is 1.74. The van der Waals surface area contributed by atoms with Gasteiger partial charge in [-0.25, -0.2) is 0 Å². The Hall–Kier alpha value is -3.15. The standard InChI is InChI=1S/C20H20N2O4/c1-13-5-2-3-8-16(13)20(9-10-20)19(25)26-15-7-4-6-14(11-15)18(24)22-12-17(21)23/h2-8,11H,9-10,12H2,1H3,(H2,21,23)(H,22,24). The summed E-state index contributed by atoms with van der Waals surface area (Å²) in [6.07, 6.45) is 1.49. The van der Waals surface area contributed by atoms with Crippen LogP contribution in [0.4, 0.5) is 0 Å². The van der Waals surface area contributed by atoms with Gasteiger partial charge >= 0.3 is 5.97 Å². The van der Waals surface area contributed by atoms with Crippen LogP contribution in [0.1, 0.15) is 34.3 Å². The number of hydrogen-bond donors (Lipinski definition) is 2. The number of esters is 1. The molecule has 0 bridgehead atoms. The summed E-state index contributed by atoms with van der Waals surface area (Å²) in [6.45, 7) is 1.73. The summed E-state index contributed by atoms with van der Waals surface area (Å²) in [5, 5.41) is 2.40. The van der Waals surface area contributed by atoms with Crippen LogP contribution in [0.2, 0.25) is 0 Å². The number of primary amides is 1. The lowest BCUT2D eigenvalue weighted by atomic mass is 9.92. The number of benzene rings is 2. The molecule has 3 rings (SSSR count). The third-order valence-corrected chi connectivity index (χ3v) is 4.53. The van der Waals surface area contributed by atoms with Crippen LogP contribution in [-0.4, -0.2) is 24.3 Å². The SMILES string of the molecule is Cc1ccccc1C1(C(=O)Oc2cccc(C(=O)NCC(N)=O)c2)CC1. The van der Waals surface area contributed by atoms with Gasteiger partial charge in [-0.1, -0.05) is 30.3 Å². The monoisotopic (exact) mass is 352 g/mol. The van der Waals surface area contributed by atoms with Crippen LogP contribution in [0, 0.1) is 6.92 Å². The number of aryl methyl sites for hydroxylation is 1. The molecule has 0 saturated heterocycles. The second-order valence-corrected chi connectivity index (χ2v) is 6.46. The summed E-state index contributed by atoms with van der Waals surface area (Å²) in [5.41, 5.74) is 6.74. The maximum atomic E-state index is 12.8. The molecular weight excluding hydrogens is 332 g/mol. The normalized spacial score (nSPS) is 14.3. The van der Waals surface area contributed by atoms with Crippen molar-refractivity contribution >= 4 is 17.8 Å². The molecule has 26 heavy (non-hydrogen) atoms. The van der Waals surface area contributed by atoms with Gasteiger partial charge in [-0.3, -0.25) is 14.4 Å². The fourth-order valence-corrected chi connectivity index (χ4v) is 2.99. The van der Waals surface area contributed by atoms with Gasteiger partial charge in [0.1, 0.15) is 5.75 Å². The number of hydrogen-bond acceptors (Lipinski definition) is 4. The van der Waals surface area contributed by atoms with E-state index in [1.807, 2.05) is 31.2 Å². The van der Waals surface area contributed by atoms with Crippen LogP contribution in [0.3, 0.4) is 0 Å². The summed E-state index contributed by atoms with van der Waals surface area (Å²) >= 11 is 0. The van der Waals surface area contributed by atoms with Crippen molar-refractivity contribution in [1.82, 2.24) is 5.32 Å². The summed E-state index contributed by atoms with van der Waals surface area (Å²) in [6, 6.07) is 14.1. The van der Waals surface area contributed by atoms with Crippen LogP contribution in [0.5, 0.6) is 5.75 Å². The van der Waals surface area contributed by atoms with Crippen LogP contribution in [0.25, 0.3) is 0 Å². The summed E-state index contributed by atoms with van der Waals surface area (Å²) in [4.78, 5) is 35.5. The van der Waals surface area contributed by atoms with E-state index in [9.17, 15) is 14.4 Å². The predicted octanol–water partition coefficient (Wildman–Crippen LogP) is 1.85. The van der Waals surface area contributed by atoms with Gasteiger partial charge in [-0.15, -0.1) is 0 Å². The molecule has 1 saturated carbocycles. The fourth-order valence-electron chi connectivity index (χ4n) is 2.99. The second kappa shape index (κ2) is 7.00. The van der Waals surface area contributed by atoms with Gasteiger partial charge in [0.2, 0.25) is 5.91 Å². The molecule has 0 aliphatic heterocycles. The number of ether oxygens (including phenoxy) is 1. The highest BCUT2D eigenvalue weighted by Gasteiger charge is 2.53. The van der Waals surface area contributed by atoms with Crippen molar-refractivity contribution in [2.45, 2.75) is 25.2 Å². The third-order valence-electron chi connectivity index (χ3n) is 4.53. The Labute approximate surface area is 151 Å². The predicted molar refractivity (Wildman–Crippen MR) is 95.7 cm³/mol. The first-order valence-electron chi connectivity index (χ1n) is 8.37. The molecule has 0 spiro atoms. The highest BCUT2D eigenvalue weighted by atomic mass is 16.5. The average Bonchev–Trinajstić information content (AvgIpc) is 3.42. The van der Waals surface area contributed by atoms with Gasteiger partial charge in [0, 0.05) is 5.56 Å². The van der Waals surface area contributed by atoms with E-state index in [4.69, 9.17) is 10.5 Å².